The average molecular weight is 636 g/mol. The summed E-state index contributed by atoms with van der Waals surface area (Å²) < 4.78 is 11.2. The smallest absolute Gasteiger partial charge is 0.413 e. The van der Waals surface area contributed by atoms with E-state index in [1.165, 1.54) is 5.38 Å². The summed E-state index contributed by atoms with van der Waals surface area (Å²) in [6.45, 7) is 4.74. The van der Waals surface area contributed by atoms with Crippen LogP contribution in [0.1, 0.15) is 56.5 Å². The standard InChI is InChI=1S/C31H33N5O8S/c1-30(2,3)43-29(41)35-28-33-21(17-45-28)23(26(39)34-22-20(16-37)32-25(22)38)36-44-31(14-15-31)27(40)42-24(18-10-6-4-7-11-18)19-12-8-5-9-13-19/h4-13,17,20,22,24,37H,14-16H2,1-3H3,(H,32,38)(H,34,39)(H,33,35,41)/b36-23+/t20-,22+/m1/s1. The molecule has 1 saturated carbocycles. The highest BCUT2D eigenvalue weighted by atomic mass is 32.1. The van der Waals surface area contributed by atoms with Crippen LogP contribution in [0.5, 0.6) is 0 Å². The number of oxime groups is 1. The summed E-state index contributed by atoms with van der Waals surface area (Å²) in [5.74, 6) is -1.98. The molecule has 14 heteroatoms. The Bertz CT molecular complexity index is 1540. The number of aliphatic hydroxyl groups is 1. The number of thiazole rings is 1. The number of esters is 1. The average Bonchev–Trinajstić information content (AvgIpc) is 3.67. The molecule has 3 aromatic rings. The molecule has 2 fully saturated rings. The van der Waals surface area contributed by atoms with Crippen molar-refractivity contribution < 1.29 is 38.6 Å². The molecule has 45 heavy (non-hydrogen) atoms. The van der Waals surface area contributed by atoms with Crippen LogP contribution in [-0.4, -0.2) is 69.6 Å². The normalized spacial score (nSPS) is 18.7. The Balaban J connectivity index is 1.37. The lowest BCUT2D eigenvalue weighted by Gasteiger charge is -2.35. The Hall–Kier alpha value is -4.82. The Morgan fingerprint density at radius 3 is 2.24 bits per heavy atom. The first-order valence-corrected chi connectivity index (χ1v) is 15.1. The predicted molar refractivity (Wildman–Crippen MR) is 163 cm³/mol. The number of β-lactam (4-membered cyclic amide) rings is 1. The molecule has 1 aromatic heterocycles. The second-order valence-corrected chi connectivity index (χ2v) is 12.4. The first-order valence-electron chi connectivity index (χ1n) is 14.2. The van der Waals surface area contributed by atoms with Crippen molar-refractivity contribution in [1.82, 2.24) is 15.6 Å². The molecule has 1 saturated heterocycles. The monoisotopic (exact) mass is 635 g/mol. The molecule has 0 spiro atoms. The summed E-state index contributed by atoms with van der Waals surface area (Å²) in [7, 11) is 0. The number of carbonyl (C=O) groups is 4. The van der Waals surface area contributed by atoms with Gasteiger partial charge in [-0.1, -0.05) is 65.8 Å². The van der Waals surface area contributed by atoms with Gasteiger partial charge in [0.15, 0.2) is 16.9 Å². The van der Waals surface area contributed by atoms with Crippen LogP contribution in [0.4, 0.5) is 9.93 Å². The molecule has 5 rings (SSSR count). The maximum absolute atomic E-state index is 13.5. The Morgan fingerprint density at radius 2 is 1.71 bits per heavy atom. The molecule has 2 aromatic carbocycles. The van der Waals surface area contributed by atoms with Crippen molar-refractivity contribution in [2.45, 2.75) is 63.0 Å². The molecule has 1 aliphatic carbocycles. The number of ether oxygens (including phenoxy) is 2. The lowest BCUT2D eigenvalue weighted by Crippen LogP contribution is -2.70. The minimum Gasteiger partial charge on any atom is -0.450 e. The maximum Gasteiger partial charge on any atom is 0.413 e. The molecule has 1 aliphatic heterocycles. The second kappa shape index (κ2) is 13.0. The maximum atomic E-state index is 13.5. The summed E-state index contributed by atoms with van der Waals surface area (Å²) in [6.07, 6.45) is -0.868. The topological polar surface area (TPSA) is 178 Å². The van der Waals surface area contributed by atoms with Crippen LogP contribution in [0.3, 0.4) is 0 Å². The van der Waals surface area contributed by atoms with Gasteiger partial charge in [0.25, 0.3) is 5.91 Å². The highest BCUT2D eigenvalue weighted by molar-refractivity contribution is 7.14. The third kappa shape index (κ3) is 7.64. The van der Waals surface area contributed by atoms with E-state index in [1.807, 2.05) is 60.7 Å². The summed E-state index contributed by atoms with van der Waals surface area (Å²) in [5.41, 5.74) is -0.990. The van der Waals surface area contributed by atoms with Crippen molar-refractivity contribution >= 4 is 46.1 Å². The van der Waals surface area contributed by atoms with Gasteiger partial charge in [0.1, 0.15) is 17.3 Å². The molecule has 4 N–H and O–H groups in total. The fourth-order valence-electron chi connectivity index (χ4n) is 4.38. The number of hydrogen-bond acceptors (Lipinski definition) is 11. The number of nitrogens with zero attached hydrogens (tertiary/aromatic N) is 2. The van der Waals surface area contributed by atoms with Gasteiger partial charge in [-0.15, -0.1) is 11.3 Å². The van der Waals surface area contributed by atoms with Gasteiger partial charge in [-0.2, -0.15) is 0 Å². The number of aliphatic hydroxyl groups excluding tert-OH is 1. The van der Waals surface area contributed by atoms with E-state index in [4.69, 9.17) is 14.3 Å². The SMILES string of the molecule is CC(C)(C)OC(=O)Nc1nc(/C(=N\OC2(C(=O)OC(c3ccccc3)c3ccccc3)CC2)C(=O)N[C@@H]2C(=O)N[C@@H]2CO)cs1. The van der Waals surface area contributed by atoms with E-state index in [-0.39, 0.29) is 23.1 Å². The van der Waals surface area contributed by atoms with Gasteiger partial charge in [0.2, 0.25) is 11.5 Å². The van der Waals surface area contributed by atoms with Crippen molar-refractivity contribution in [3.8, 4) is 0 Å². The largest absolute Gasteiger partial charge is 0.450 e. The molecule has 0 unspecified atom stereocenters. The van der Waals surface area contributed by atoms with E-state index in [0.717, 1.165) is 22.5 Å². The third-order valence-electron chi connectivity index (χ3n) is 6.88. The fourth-order valence-corrected chi connectivity index (χ4v) is 5.06. The lowest BCUT2D eigenvalue weighted by molar-refractivity contribution is -0.164. The van der Waals surface area contributed by atoms with Gasteiger partial charge in [-0.05, 0) is 31.9 Å². The molecule has 2 aliphatic rings. The van der Waals surface area contributed by atoms with Gasteiger partial charge in [-0.3, -0.25) is 14.9 Å². The van der Waals surface area contributed by atoms with E-state index < -0.39 is 53.3 Å². The minimum atomic E-state index is -1.44. The van der Waals surface area contributed by atoms with E-state index >= 15 is 0 Å². The summed E-state index contributed by atoms with van der Waals surface area (Å²) in [6, 6.07) is 16.8. The molecular formula is C31H33N5O8S. The van der Waals surface area contributed by atoms with E-state index in [9.17, 15) is 24.3 Å². The number of hydrogen-bond donors (Lipinski definition) is 4. The predicted octanol–water partition coefficient (Wildman–Crippen LogP) is 3.05. The highest BCUT2D eigenvalue weighted by Crippen LogP contribution is 2.43. The van der Waals surface area contributed by atoms with Crippen molar-refractivity contribution in [1.29, 1.82) is 0 Å². The first kappa shape index (κ1) is 31.6. The molecule has 0 radical (unpaired) electrons. The quantitative estimate of drug-likeness (QED) is 0.107. The number of anilines is 1. The summed E-state index contributed by atoms with van der Waals surface area (Å²) >= 11 is 1.00. The summed E-state index contributed by atoms with van der Waals surface area (Å²) in [5, 5.41) is 22.6. The zero-order valence-electron chi connectivity index (χ0n) is 24.8. The van der Waals surface area contributed by atoms with Crippen molar-refractivity contribution in [2.24, 2.45) is 5.16 Å². The minimum absolute atomic E-state index is 0.0134. The lowest BCUT2D eigenvalue weighted by atomic mass is 9.99. The van der Waals surface area contributed by atoms with Crippen LogP contribution >= 0.6 is 11.3 Å². The number of aromatic nitrogens is 1. The zero-order valence-corrected chi connectivity index (χ0v) is 25.6. The molecule has 2 heterocycles. The van der Waals surface area contributed by atoms with Crippen LogP contribution in [0.2, 0.25) is 0 Å². The van der Waals surface area contributed by atoms with Gasteiger partial charge < -0.3 is 30.1 Å². The van der Waals surface area contributed by atoms with E-state index in [0.29, 0.717) is 12.8 Å². The van der Waals surface area contributed by atoms with Crippen LogP contribution in [0.25, 0.3) is 0 Å². The van der Waals surface area contributed by atoms with Crippen molar-refractivity contribution in [2.75, 3.05) is 11.9 Å². The Labute approximate surface area is 263 Å². The highest BCUT2D eigenvalue weighted by Gasteiger charge is 2.56. The van der Waals surface area contributed by atoms with Gasteiger partial charge in [0.05, 0.1) is 12.6 Å². The molecule has 3 amide bonds. The Kier molecular flexibility index (Phi) is 9.16. The van der Waals surface area contributed by atoms with Gasteiger partial charge >= 0.3 is 12.1 Å². The first-order chi connectivity index (χ1) is 21.5. The molecular weight excluding hydrogens is 602 g/mol. The third-order valence-corrected chi connectivity index (χ3v) is 7.64. The fraction of sp³-hybridized carbons (Fsp3) is 0.355. The van der Waals surface area contributed by atoms with Gasteiger partial charge in [0, 0.05) is 18.2 Å². The van der Waals surface area contributed by atoms with Crippen molar-refractivity contribution in [3.63, 3.8) is 0 Å². The molecule has 236 valence electrons. The molecule has 2 atom stereocenters. The van der Waals surface area contributed by atoms with Crippen LogP contribution in [0.15, 0.2) is 71.2 Å². The number of rotatable bonds is 11. The van der Waals surface area contributed by atoms with Gasteiger partial charge in [-0.25, -0.2) is 14.6 Å². The Morgan fingerprint density at radius 1 is 1.09 bits per heavy atom. The zero-order chi connectivity index (χ0) is 32.2. The van der Waals surface area contributed by atoms with Crippen LogP contribution in [0, 0.1) is 0 Å². The summed E-state index contributed by atoms with van der Waals surface area (Å²) in [4.78, 5) is 61.2. The molecule has 0 bridgehead atoms. The van der Waals surface area contributed by atoms with E-state index in [1.54, 1.807) is 20.8 Å². The van der Waals surface area contributed by atoms with Crippen molar-refractivity contribution in [3.05, 3.63) is 82.9 Å². The van der Waals surface area contributed by atoms with Crippen LogP contribution < -0.4 is 16.0 Å². The van der Waals surface area contributed by atoms with E-state index in [2.05, 4.69) is 26.1 Å². The number of nitrogens with one attached hydrogen (secondary N) is 3. The second-order valence-electron chi connectivity index (χ2n) is 11.5. The molecule has 13 nitrogen and oxygen atoms in total. The number of benzene rings is 2. The number of amides is 3. The number of carbonyl (C=O) groups excluding carboxylic acids is 4. The van der Waals surface area contributed by atoms with Crippen LogP contribution in [-0.2, 0) is 28.7 Å².